The molecule has 2 unspecified atom stereocenters. The molecular weight excluding hydrogens is 494 g/mol. The molecule has 0 aliphatic heterocycles. The highest BCUT2D eigenvalue weighted by Gasteiger charge is 2.32. The topological polar surface area (TPSA) is 0 Å². The van der Waals surface area contributed by atoms with Crippen LogP contribution in [0.15, 0.2) is 145 Å². The molecule has 4 aromatic carbocycles. The first kappa shape index (κ1) is 25.2. The molecule has 0 radical (unpaired) electrons. The highest BCUT2D eigenvalue weighted by molar-refractivity contribution is 7.73. The van der Waals surface area contributed by atoms with Crippen molar-refractivity contribution in [3.8, 4) is 0 Å². The zero-order chi connectivity index (χ0) is 25.6. The summed E-state index contributed by atoms with van der Waals surface area (Å²) in [5, 5.41) is 4.52. The lowest BCUT2D eigenvalue weighted by atomic mass is 9.92. The molecule has 0 aromatic heterocycles. The first-order valence-corrected chi connectivity index (χ1v) is 16.9. The monoisotopic (exact) mass is 528 g/mol. The van der Waals surface area contributed by atoms with Gasteiger partial charge in [-0.2, -0.15) is 0 Å². The van der Waals surface area contributed by atoms with E-state index in [0.29, 0.717) is 5.66 Å². The lowest BCUT2D eigenvalue weighted by molar-refractivity contribution is 0.881. The maximum absolute atomic E-state index is 2.40. The van der Waals surface area contributed by atoms with Crippen LogP contribution in [0, 0.1) is 0 Å². The van der Waals surface area contributed by atoms with Crippen LogP contribution in [0.2, 0.25) is 0 Å². The fourth-order valence-corrected chi connectivity index (χ4v) is 11.5. The number of hydrogen-bond donors (Lipinski definition) is 0. The van der Waals surface area contributed by atoms with Crippen molar-refractivity contribution in [2.24, 2.45) is 0 Å². The summed E-state index contributed by atoms with van der Waals surface area (Å²) in [5.41, 5.74) is 6.47. The molecule has 2 aliphatic carbocycles. The van der Waals surface area contributed by atoms with Gasteiger partial charge in [0.05, 0.1) is 0 Å². The number of fused-ring (bicyclic) bond motifs is 1. The molecule has 0 fully saturated rings. The van der Waals surface area contributed by atoms with Crippen LogP contribution in [-0.2, 0) is 0 Å². The van der Waals surface area contributed by atoms with Crippen LogP contribution < -0.4 is 15.9 Å². The van der Waals surface area contributed by atoms with Gasteiger partial charge in [0.2, 0.25) is 0 Å². The Morgan fingerprint density at radius 1 is 0.579 bits per heavy atom. The smallest absolute Gasteiger partial charge is 0.0306 e. The molecule has 6 rings (SSSR count). The molecule has 4 aromatic rings. The van der Waals surface area contributed by atoms with Crippen LogP contribution in [0.4, 0.5) is 0 Å². The Balaban J connectivity index is 1.35. The fourth-order valence-electron chi connectivity index (χ4n) is 5.84. The summed E-state index contributed by atoms with van der Waals surface area (Å²) >= 11 is 0. The predicted octanol–water partition coefficient (Wildman–Crippen LogP) is 8.73. The van der Waals surface area contributed by atoms with Gasteiger partial charge in [0.15, 0.2) is 0 Å². The zero-order valence-electron chi connectivity index (χ0n) is 21.8. The predicted molar refractivity (Wildman–Crippen MR) is 170 cm³/mol. The summed E-state index contributed by atoms with van der Waals surface area (Å²) in [7, 11) is -0.777. The highest BCUT2D eigenvalue weighted by atomic mass is 31.1. The standard InChI is InChI=1S/C36H34P2/c1-4-17-31(18-5-1)37(32-19-6-2-7-20-32)27-14-28-38(33-21-8-3-9-22-33)36-34-23-12-10-15-29(34)25-26-30-16-11-13-24-35(30)36/h1-12,15-23,25-26,36H,13-14,24,27-28H2. The van der Waals surface area contributed by atoms with Crippen LogP contribution in [0.25, 0.3) is 6.08 Å². The van der Waals surface area contributed by atoms with Crippen molar-refractivity contribution in [1.29, 1.82) is 0 Å². The van der Waals surface area contributed by atoms with E-state index in [2.05, 4.69) is 140 Å². The van der Waals surface area contributed by atoms with Gasteiger partial charge < -0.3 is 0 Å². The summed E-state index contributed by atoms with van der Waals surface area (Å²) < 4.78 is 0. The molecule has 2 atom stereocenters. The van der Waals surface area contributed by atoms with Gasteiger partial charge in [0.1, 0.15) is 0 Å². The van der Waals surface area contributed by atoms with Gasteiger partial charge in [-0.05, 0) is 72.1 Å². The zero-order valence-corrected chi connectivity index (χ0v) is 23.6. The largest absolute Gasteiger partial charge is 0.0836 e. The Bertz CT molecular complexity index is 1400. The summed E-state index contributed by atoms with van der Waals surface area (Å²) in [4.78, 5) is 0. The van der Waals surface area contributed by atoms with Crippen LogP contribution in [0.1, 0.15) is 36.0 Å². The van der Waals surface area contributed by atoms with Gasteiger partial charge in [-0.3, -0.25) is 0 Å². The molecule has 2 aliphatic rings. The molecule has 0 nitrogen and oxygen atoms in total. The van der Waals surface area contributed by atoms with E-state index >= 15 is 0 Å². The van der Waals surface area contributed by atoms with Gasteiger partial charge >= 0.3 is 0 Å². The third-order valence-electron chi connectivity index (χ3n) is 7.63. The molecule has 188 valence electrons. The van der Waals surface area contributed by atoms with Crippen molar-refractivity contribution in [3.05, 3.63) is 156 Å². The SMILES string of the molecule is C1=CC2=C(CC1)C(P(CCCP(c1ccccc1)c1ccccc1)c1ccccc1)c1ccccc1C=C2. The highest BCUT2D eigenvalue weighted by Crippen LogP contribution is 2.58. The molecule has 38 heavy (non-hydrogen) atoms. The molecule has 0 N–H and O–H groups in total. The molecule has 2 heteroatoms. The Labute approximate surface area is 230 Å². The van der Waals surface area contributed by atoms with Crippen LogP contribution >= 0.6 is 15.8 Å². The van der Waals surface area contributed by atoms with E-state index in [4.69, 9.17) is 0 Å². The summed E-state index contributed by atoms with van der Waals surface area (Å²) in [6, 6.07) is 43.0. The van der Waals surface area contributed by atoms with Gasteiger partial charge in [0, 0.05) is 5.66 Å². The molecule has 0 saturated heterocycles. The summed E-state index contributed by atoms with van der Waals surface area (Å²) in [6.07, 6.45) is 15.5. The van der Waals surface area contributed by atoms with Gasteiger partial charge in [0.25, 0.3) is 0 Å². The minimum atomic E-state index is -0.411. The third-order valence-corrected chi connectivity index (χ3v) is 13.2. The van der Waals surface area contributed by atoms with E-state index in [9.17, 15) is 0 Å². The van der Waals surface area contributed by atoms with Crippen molar-refractivity contribution in [2.75, 3.05) is 12.3 Å². The quantitative estimate of drug-likeness (QED) is 0.201. The Morgan fingerprint density at radius 2 is 1.18 bits per heavy atom. The Morgan fingerprint density at radius 3 is 1.87 bits per heavy atom. The average molecular weight is 529 g/mol. The Hall–Kier alpha value is -3.04. The van der Waals surface area contributed by atoms with E-state index in [1.54, 1.807) is 5.57 Å². The molecule has 0 spiro atoms. The number of rotatable bonds is 8. The third kappa shape index (κ3) is 5.54. The molecular formula is C36H34P2. The van der Waals surface area contributed by atoms with Gasteiger partial charge in [-0.25, -0.2) is 0 Å². The van der Waals surface area contributed by atoms with Crippen molar-refractivity contribution in [2.45, 2.75) is 24.9 Å². The number of hydrogen-bond acceptors (Lipinski definition) is 0. The van der Waals surface area contributed by atoms with Crippen molar-refractivity contribution in [3.63, 3.8) is 0 Å². The first-order valence-electron chi connectivity index (χ1n) is 13.7. The average Bonchev–Trinajstić information content (AvgIpc) is 3.16. The minimum absolute atomic E-state index is 0.366. The van der Waals surface area contributed by atoms with E-state index in [1.807, 2.05) is 0 Å². The normalized spacial score (nSPS) is 17.1. The maximum atomic E-state index is 2.40. The van der Waals surface area contributed by atoms with E-state index < -0.39 is 7.92 Å². The summed E-state index contributed by atoms with van der Waals surface area (Å²) in [6.45, 7) is 0. The van der Waals surface area contributed by atoms with Crippen LogP contribution in [-0.4, -0.2) is 12.3 Å². The maximum Gasteiger partial charge on any atom is 0.0306 e. The fraction of sp³-hybridized carbons (Fsp3) is 0.167. The van der Waals surface area contributed by atoms with Gasteiger partial charge in [-0.1, -0.05) is 153 Å². The molecule has 0 saturated carbocycles. The van der Waals surface area contributed by atoms with Gasteiger partial charge in [-0.15, -0.1) is 0 Å². The minimum Gasteiger partial charge on any atom is -0.0836 e. The van der Waals surface area contributed by atoms with E-state index in [0.717, 1.165) is 6.42 Å². The second-order valence-electron chi connectivity index (χ2n) is 9.99. The molecule has 0 amide bonds. The molecule has 0 bridgehead atoms. The van der Waals surface area contributed by atoms with Crippen LogP contribution in [0.3, 0.4) is 0 Å². The van der Waals surface area contributed by atoms with Crippen molar-refractivity contribution >= 4 is 37.8 Å². The number of allylic oxidation sites excluding steroid dienone is 5. The lowest BCUT2D eigenvalue weighted by Gasteiger charge is -2.33. The Kier molecular flexibility index (Phi) is 8.12. The lowest BCUT2D eigenvalue weighted by Crippen LogP contribution is -2.17. The van der Waals surface area contributed by atoms with E-state index in [1.165, 1.54) is 57.8 Å². The first-order chi connectivity index (χ1) is 18.9. The summed E-state index contributed by atoms with van der Waals surface area (Å²) in [5.74, 6) is 0. The van der Waals surface area contributed by atoms with Crippen LogP contribution in [0.5, 0.6) is 0 Å². The van der Waals surface area contributed by atoms with Crippen molar-refractivity contribution in [1.82, 2.24) is 0 Å². The second kappa shape index (κ2) is 12.2. The number of benzene rings is 4. The second-order valence-corrected chi connectivity index (χ2v) is 14.7. The van der Waals surface area contributed by atoms with E-state index in [-0.39, 0.29) is 7.92 Å². The molecule has 0 heterocycles. The van der Waals surface area contributed by atoms with Crippen molar-refractivity contribution < 1.29 is 0 Å².